The van der Waals surface area contributed by atoms with E-state index in [0.717, 1.165) is 0 Å². The maximum atomic E-state index is 13.6. The van der Waals surface area contributed by atoms with E-state index < -0.39 is 15.7 Å². The summed E-state index contributed by atoms with van der Waals surface area (Å²) in [6.07, 6.45) is 2.71. The van der Waals surface area contributed by atoms with Crippen molar-refractivity contribution in [1.29, 1.82) is 0 Å². The topological polar surface area (TPSA) is 62.2 Å². The number of hydrogen-bond acceptors (Lipinski definition) is 3. The highest BCUT2D eigenvalue weighted by atomic mass is 32.2. The number of hydrogen-bond donors (Lipinski definition) is 2. The molecule has 2 N–H and O–H groups in total. The van der Waals surface area contributed by atoms with Gasteiger partial charge in [-0.1, -0.05) is 0 Å². The lowest BCUT2D eigenvalue weighted by Crippen LogP contribution is -2.36. The van der Waals surface area contributed by atoms with Crippen molar-refractivity contribution in [2.45, 2.75) is 51.3 Å². The van der Waals surface area contributed by atoms with Gasteiger partial charge in [-0.3, -0.25) is 4.98 Å². The maximum Gasteiger partial charge on any atom is 0.144 e. The molecule has 0 aliphatic carbocycles. The van der Waals surface area contributed by atoms with Crippen LogP contribution >= 0.6 is 0 Å². The Hall–Kier alpha value is -0.850. The molecular weight excluding hydrogens is 279 g/mol. The smallest absolute Gasteiger partial charge is 0.144 e. The molecule has 0 spiro atoms. The molecule has 0 unspecified atom stereocenters. The summed E-state index contributed by atoms with van der Waals surface area (Å²) < 4.78 is 28.4. The molecule has 1 rings (SSSR count). The Morgan fingerprint density at radius 1 is 1.50 bits per heavy atom. The van der Waals surface area contributed by atoms with Crippen LogP contribution in [-0.2, 0) is 11.0 Å². The van der Waals surface area contributed by atoms with E-state index in [1.807, 2.05) is 20.8 Å². The standard InChI is InChI=1S/C14H23FN2O2S/c1-10-12(15)8-11(9-16-10)13(6-5-7-18)17-20(19)14(2,3)4/h8-9,13,17-18H,5-7H2,1-4H3/t13-,20+/m0/s1. The van der Waals surface area contributed by atoms with Crippen molar-refractivity contribution in [3.8, 4) is 0 Å². The van der Waals surface area contributed by atoms with Crippen LogP contribution in [0.3, 0.4) is 0 Å². The first-order valence-electron chi connectivity index (χ1n) is 6.66. The fourth-order valence-corrected chi connectivity index (χ4v) is 2.47. The Morgan fingerprint density at radius 2 is 2.15 bits per heavy atom. The Balaban J connectivity index is 2.93. The molecule has 0 aliphatic rings. The number of aliphatic hydroxyl groups excluding tert-OH is 1. The van der Waals surface area contributed by atoms with Crippen LogP contribution < -0.4 is 4.72 Å². The van der Waals surface area contributed by atoms with E-state index in [1.165, 1.54) is 6.07 Å². The molecule has 0 aliphatic heterocycles. The average molecular weight is 302 g/mol. The Bertz CT molecular complexity index is 475. The second-order valence-corrected chi connectivity index (χ2v) is 7.75. The third-order valence-corrected chi connectivity index (χ3v) is 4.52. The molecule has 0 fully saturated rings. The van der Waals surface area contributed by atoms with Gasteiger partial charge in [0.2, 0.25) is 0 Å². The van der Waals surface area contributed by atoms with E-state index in [1.54, 1.807) is 13.1 Å². The molecule has 0 amide bonds. The average Bonchev–Trinajstić information content (AvgIpc) is 2.36. The van der Waals surface area contributed by atoms with Crippen molar-refractivity contribution < 1.29 is 13.7 Å². The van der Waals surface area contributed by atoms with E-state index in [0.29, 0.717) is 24.1 Å². The SMILES string of the molecule is Cc1ncc([C@H](CCCO)N[S@](=O)C(C)(C)C)cc1F. The first kappa shape index (κ1) is 17.2. The van der Waals surface area contributed by atoms with Crippen LogP contribution in [-0.4, -0.2) is 25.7 Å². The summed E-state index contributed by atoms with van der Waals surface area (Å²) in [6.45, 7) is 7.25. The third-order valence-electron chi connectivity index (χ3n) is 2.91. The fourth-order valence-electron chi connectivity index (χ4n) is 1.61. The van der Waals surface area contributed by atoms with Crippen LogP contribution in [0.1, 0.15) is 50.9 Å². The minimum absolute atomic E-state index is 0.0438. The van der Waals surface area contributed by atoms with Crippen molar-refractivity contribution in [1.82, 2.24) is 9.71 Å². The van der Waals surface area contributed by atoms with Crippen LogP contribution in [0.4, 0.5) is 4.39 Å². The van der Waals surface area contributed by atoms with Gasteiger partial charge in [0.1, 0.15) is 5.82 Å². The second-order valence-electron chi connectivity index (χ2n) is 5.75. The summed E-state index contributed by atoms with van der Waals surface area (Å²) in [5.41, 5.74) is 0.991. The molecule has 0 saturated heterocycles. The molecule has 20 heavy (non-hydrogen) atoms. The van der Waals surface area contributed by atoms with Crippen LogP contribution in [0.5, 0.6) is 0 Å². The monoisotopic (exact) mass is 302 g/mol. The van der Waals surface area contributed by atoms with Gasteiger partial charge in [0.05, 0.1) is 21.4 Å². The van der Waals surface area contributed by atoms with Gasteiger partial charge < -0.3 is 5.11 Å². The fraction of sp³-hybridized carbons (Fsp3) is 0.643. The quantitative estimate of drug-likeness (QED) is 0.848. The normalized spacial score (nSPS) is 15.1. The number of pyridine rings is 1. The van der Waals surface area contributed by atoms with Gasteiger partial charge in [-0.2, -0.15) is 0 Å². The van der Waals surface area contributed by atoms with Gasteiger partial charge in [-0.15, -0.1) is 0 Å². The minimum atomic E-state index is -1.27. The van der Waals surface area contributed by atoms with Crippen molar-refractivity contribution >= 4 is 11.0 Å². The molecule has 1 aromatic heterocycles. The van der Waals surface area contributed by atoms with Crippen molar-refractivity contribution in [3.63, 3.8) is 0 Å². The molecule has 1 heterocycles. The van der Waals surface area contributed by atoms with Gasteiger partial charge in [0.15, 0.2) is 0 Å². The van der Waals surface area contributed by atoms with Gasteiger partial charge >= 0.3 is 0 Å². The second kappa shape index (κ2) is 7.24. The largest absolute Gasteiger partial charge is 0.396 e. The predicted octanol–water partition coefficient (Wildman–Crippen LogP) is 2.39. The highest BCUT2D eigenvalue weighted by molar-refractivity contribution is 7.84. The zero-order valence-corrected chi connectivity index (χ0v) is 13.3. The lowest BCUT2D eigenvalue weighted by Gasteiger charge is -2.24. The summed E-state index contributed by atoms with van der Waals surface area (Å²) in [5, 5.41) is 8.96. The molecule has 0 saturated carbocycles. The van der Waals surface area contributed by atoms with Gasteiger partial charge in [-0.05, 0) is 52.2 Å². The minimum Gasteiger partial charge on any atom is -0.396 e. The zero-order chi connectivity index (χ0) is 15.3. The Morgan fingerprint density at radius 3 is 2.65 bits per heavy atom. The van der Waals surface area contributed by atoms with Crippen molar-refractivity contribution in [3.05, 3.63) is 29.3 Å². The number of nitrogens with one attached hydrogen (secondary N) is 1. The summed E-state index contributed by atoms with van der Waals surface area (Å²) in [4.78, 5) is 4.00. The van der Waals surface area contributed by atoms with Gasteiger partial charge in [0, 0.05) is 18.8 Å². The number of nitrogens with zero attached hydrogens (tertiary/aromatic N) is 1. The molecule has 0 aromatic carbocycles. The number of aryl methyl sites for hydroxylation is 1. The Kier molecular flexibility index (Phi) is 6.23. The summed E-state index contributed by atoms with van der Waals surface area (Å²) >= 11 is 0. The Labute approximate surface area is 122 Å². The molecule has 0 radical (unpaired) electrons. The van der Waals surface area contributed by atoms with E-state index >= 15 is 0 Å². The van der Waals surface area contributed by atoms with E-state index in [4.69, 9.17) is 5.11 Å². The van der Waals surface area contributed by atoms with Crippen molar-refractivity contribution in [2.75, 3.05) is 6.61 Å². The van der Waals surface area contributed by atoms with Gasteiger partial charge in [-0.25, -0.2) is 13.3 Å². The van der Waals surface area contributed by atoms with Crippen LogP contribution in [0.25, 0.3) is 0 Å². The number of rotatable bonds is 6. The molecule has 1 aromatic rings. The highest BCUT2D eigenvalue weighted by Gasteiger charge is 2.24. The number of halogens is 1. The first-order chi connectivity index (χ1) is 9.25. The first-order valence-corrected chi connectivity index (χ1v) is 7.81. The lowest BCUT2D eigenvalue weighted by molar-refractivity contribution is 0.278. The zero-order valence-electron chi connectivity index (χ0n) is 12.4. The summed E-state index contributed by atoms with van der Waals surface area (Å²) in [6, 6.07) is 1.13. The molecule has 2 atom stereocenters. The molecule has 4 nitrogen and oxygen atoms in total. The van der Waals surface area contributed by atoms with E-state index in [9.17, 15) is 8.60 Å². The summed E-state index contributed by atoms with van der Waals surface area (Å²) in [5.74, 6) is -0.375. The molecule has 6 heteroatoms. The predicted molar refractivity (Wildman–Crippen MR) is 79.0 cm³/mol. The van der Waals surface area contributed by atoms with Gasteiger partial charge in [0.25, 0.3) is 0 Å². The van der Waals surface area contributed by atoms with Crippen LogP contribution in [0, 0.1) is 12.7 Å². The molecule has 114 valence electrons. The van der Waals surface area contributed by atoms with Crippen LogP contribution in [0.2, 0.25) is 0 Å². The van der Waals surface area contributed by atoms with E-state index in [2.05, 4.69) is 9.71 Å². The van der Waals surface area contributed by atoms with E-state index in [-0.39, 0.29) is 18.5 Å². The molecular formula is C14H23FN2O2S. The maximum absolute atomic E-state index is 13.6. The number of aromatic nitrogens is 1. The third kappa shape index (κ3) is 4.92. The summed E-state index contributed by atoms with van der Waals surface area (Å²) in [7, 11) is -1.27. The number of aliphatic hydroxyl groups is 1. The highest BCUT2D eigenvalue weighted by Crippen LogP contribution is 2.22. The lowest BCUT2D eigenvalue weighted by atomic mass is 10.0. The molecule has 0 bridgehead atoms. The van der Waals surface area contributed by atoms with Crippen molar-refractivity contribution in [2.24, 2.45) is 0 Å². The van der Waals surface area contributed by atoms with Crippen LogP contribution in [0.15, 0.2) is 12.3 Å².